The topological polar surface area (TPSA) is 37.8 Å². The van der Waals surface area contributed by atoms with Gasteiger partial charge in [-0.05, 0) is 28.9 Å². The van der Waals surface area contributed by atoms with Crippen molar-refractivity contribution in [3.63, 3.8) is 0 Å². The Morgan fingerprint density at radius 1 is 1.42 bits per heavy atom. The maximum Gasteiger partial charge on any atom is 0.419 e. The van der Waals surface area contributed by atoms with Crippen LogP contribution in [-0.2, 0) is 12.7 Å². The Hall–Kier alpha value is -1.15. The van der Waals surface area contributed by atoms with Gasteiger partial charge in [-0.25, -0.2) is 9.97 Å². The molecule has 0 atom stereocenters. The maximum atomic E-state index is 12.8. The number of nitrogens with one attached hydrogen (secondary N) is 1. The summed E-state index contributed by atoms with van der Waals surface area (Å²) in [7, 11) is 0. The molecular weight excluding hydrogens is 343 g/mol. The largest absolute Gasteiger partial charge is 0.419 e. The number of anilines is 1. The molecule has 8 heteroatoms. The summed E-state index contributed by atoms with van der Waals surface area (Å²) in [6.07, 6.45) is -3.12. The highest BCUT2D eigenvalue weighted by Gasteiger charge is 2.34. The van der Waals surface area contributed by atoms with E-state index in [0.717, 1.165) is 16.8 Å². The van der Waals surface area contributed by atoms with E-state index in [1.807, 2.05) is 12.3 Å². The van der Waals surface area contributed by atoms with Gasteiger partial charge < -0.3 is 5.32 Å². The van der Waals surface area contributed by atoms with E-state index in [-0.39, 0.29) is 16.8 Å². The lowest BCUT2D eigenvalue weighted by atomic mass is 10.2. The maximum absolute atomic E-state index is 12.8. The minimum absolute atomic E-state index is 0.191. The molecule has 2 rings (SSSR count). The first-order chi connectivity index (χ1) is 8.86. The van der Waals surface area contributed by atoms with E-state index in [1.165, 1.54) is 17.5 Å². The second kappa shape index (κ2) is 5.46. The van der Waals surface area contributed by atoms with Gasteiger partial charge in [0.2, 0.25) is 0 Å². The van der Waals surface area contributed by atoms with Crippen LogP contribution >= 0.6 is 27.3 Å². The van der Waals surface area contributed by atoms with Crippen LogP contribution in [0.3, 0.4) is 0 Å². The molecule has 0 aliphatic heterocycles. The molecule has 2 aromatic heterocycles. The highest BCUT2D eigenvalue weighted by atomic mass is 79.9. The van der Waals surface area contributed by atoms with E-state index in [0.29, 0.717) is 0 Å². The molecule has 2 aromatic rings. The minimum Gasteiger partial charge on any atom is -0.363 e. The lowest BCUT2D eigenvalue weighted by molar-refractivity contribution is -0.137. The Morgan fingerprint density at radius 2 is 2.16 bits per heavy atom. The van der Waals surface area contributed by atoms with Crippen molar-refractivity contribution in [2.24, 2.45) is 0 Å². The molecule has 0 saturated heterocycles. The van der Waals surface area contributed by atoms with Gasteiger partial charge in [0.25, 0.3) is 0 Å². The number of rotatable bonds is 3. The molecule has 0 bridgehead atoms. The van der Waals surface area contributed by atoms with Crippen molar-refractivity contribution in [1.29, 1.82) is 0 Å². The van der Waals surface area contributed by atoms with E-state index in [9.17, 15) is 13.2 Å². The highest BCUT2D eigenvalue weighted by Crippen LogP contribution is 2.35. The molecule has 0 unspecified atom stereocenters. The smallest absolute Gasteiger partial charge is 0.363 e. The summed E-state index contributed by atoms with van der Waals surface area (Å²) in [6, 6.07) is 1.00. The van der Waals surface area contributed by atoms with Crippen LogP contribution in [0.25, 0.3) is 0 Å². The molecule has 0 aromatic carbocycles. The molecule has 0 amide bonds. The van der Waals surface area contributed by atoms with Gasteiger partial charge in [-0.3, -0.25) is 0 Å². The number of nitrogens with zero attached hydrogens (tertiary/aromatic N) is 2. The molecule has 102 valence electrons. The number of halogens is 4. The lowest BCUT2D eigenvalue weighted by Crippen LogP contribution is -2.12. The molecule has 2 heterocycles. The number of hydrogen-bond donors (Lipinski definition) is 1. The SMILES string of the molecule is Cc1csc(CNc2ncc(Br)cc2C(F)(F)F)n1. The van der Waals surface area contributed by atoms with Gasteiger partial charge in [-0.2, -0.15) is 13.2 Å². The van der Waals surface area contributed by atoms with E-state index in [2.05, 4.69) is 31.2 Å². The van der Waals surface area contributed by atoms with Gasteiger partial charge >= 0.3 is 6.18 Å². The highest BCUT2D eigenvalue weighted by molar-refractivity contribution is 9.10. The van der Waals surface area contributed by atoms with Crippen LogP contribution in [0.5, 0.6) is 0 Å². The normalized spacial score (nSPS) is 11.6. The summed E-state index contributed by atoms with van der Waals surface area (Å²) in [6.45, 7) is 2.05. The van der Waals surface area contributed by atoms with Gasteiger partial charge in [0.05, 0.1) is 12.1 Å². The molecule has 1 N–H and O–H groups in total. The van der Waals surface area contributed by atoms with Crippen molar-refractivity contribution in [2.45, 2.75) is 19.6 Å². The molecule has 0 radical (unpaired) electrons. The van der Waals surface area contributed by atoms with E-state index < -0.39 is 11.7 Å². The van der Waals surface area contributed by atoms with Gasteiger partial charge in [0, 0.05) is 21.7 Å². The minimum atomic E-state index is -4.45. The molecule has 3 nitrogen and oxygen atoms in total. The predicted octanol–water partition coefficient (Wildman–Crippen LogP) is 4.24. The molecule has 0 fully saturated rings. The number of pyridine rings is 1. The number of aromatic nitrogens is 2. The van der Waals surface area contributed by atoms with Gasteiger partial charge in [-0.15, -0.1) is 11.3 Å². The molecule has 0 aliphatic carbocycles. The van der Waals surface area contributed by atoms with Crippen LogP contribution in [0.2, 0.25) is 0 Å². The molecule has 19 heavy (non-hydrogen) atoms. The Labute approximate surface area is 120 Å². The average Bonchev–Trinajstić information content (AvgIpc) is 2.72. The Bertz CT molecular complexity index is 583. The number of hydrogen-bond acceptors (Lipinski definition) is 4. The zero-order chi connectivity index (χ0) is 14.0. The quantitative estimate of drug-likeness (QED) is 0.898. The van der Waals surface area contributed by atoms with Gasteiger partial charge in [-0.1, -0.05) is 0 Å². The van der Waals surface area contributed by atoms with Crippen LogP contribution in [-0.4, -0.2) is 9.97 Å². The fraction of sp³-hybridized carbons (Fsp3) is 0.273. The van der Waals surface area contributed by atoms with Crippen molar-refractivity contribution >= 4 is 33.1 Å². The summed E-state index contributed by atoms with van der Waals surface area (Å²) in [5.41, 5.74) is 0.0526. The van der Waals surface area contributed by atoms with Gasteiger partial charge in [0.1, 0.15) is 10.8 Å². The third kappa shape index (κ3) is 3.66. The van der Waals surface area contributed by atoms with E-state index in [1.54, 1.807) is 0 Å². The van der Waals surface area contributed by atoms with E-state index in [4.69, 9.17) is 0 Å². The van der Waals surface area contributed by atoms with Gasteiger partial charge in [0.15, 0.2) is 0 Å². The summed E-state index contributed by atoms with van der Waals surface area (Å²) in [4.78, 5) is 7.94. The summed E-state index contributed by atoms with van der Waals surface area (Å²) in [5, 5.41) is 5.23. The van der Waals surface area contributed by atoms with Crippen molar-refractivity contribution < 1.29 is 13.2 Å². The van der Waals surface area contributed by atoms with Crippen molar-refractivity contribution in [3.05, 3.63) is 38.4 Å². The standard InChI is InChI=1S/C11H9BrF3N3S/c1-6-5-19-9(18-6)4-17-10-8(11(13,14)15)2-7(12)3-16-10/h2-3,5H,4H2,1H3,(H,16,17). The summed E-state index contributed by atoms with van der Waals surface area (Å²) >= 11 is 4.38. The Morgan fingerprint density at radius 3 is 2.74 bits per heavy atom. The second-order valence-electron chi connectivity index (χ2n) is 3.78. The first kappa shape index (κ1) is 14.3. The molecule has 0 aliphatic rings. The molecular formula is C11H9BrF3N3S. The van der Waals surface area contributed by atoms with Crippen molar-refractivity contribution in [2.75, 3.05) is 5.32 Å². The monoisotopic (exact) mass is 351 g/mol. The molecule has 0 spiro atoms. The third-order valence-electron chi connectivity index (χ3n) is 2.23. The van der Waals surface area contributed by atoms with Crippen LogP contribution in [0.15, 0.2) is 22.1 Å². The third-order valence-corrected chi connectivity index (χ3v) is 3.63. The lowest BCUT2D eigenvalue weighted by Gasteiger charge is -2.13. The van der Waals surface area contributed by atoms with Crippen LogP contribution in [0.4, 0.5) is 19.0 Å². The van der Waals surface area contributed by atoms with Crippen molar-refractivity contribution in [1.82, 2.24) is 9.97 Å². The van der Waals surface area contributed by atoms with Crippen molar-refractivity contribution in [3.8, 4) is 0 Å². The summed E-state index contributed by atoms with van der Waals surface area (Å²) < 4.78 is 38.8. The number of aryl methyl sites for hydroxylation is 1. The van der Waals surface area contributed by atoms with E-state index >= 15 is 0 Å². The second-order valence-corrected chi connectivity index (χ2v) is 5.64. The fourth-order valence-electron chi connectivity index (χ4n) is 1.44. The first-order valence-electron chi connectivity index (χ1n) is 5.24. The Balaban J connectivity index is 2.20. The number of thiazole rings is 1. The molecule has 0 saturated carbocycles. The summed E-state index contributed by atoms with van der Waals surface area (Å²) in [5.74, 6) is -0.191. The van der Waals surface area contributed by atoms with Crippen LogP contribution in [0, 0.1) is 6.92 Å². The number of alkyl halides is 3. The van der Waals surface area contributed by atoms with Crippen LogP contribution < -0.4 is 5.32 Å². The Kier molecular flexibility index (Phi) is 4.10. The fourth-order valence-corrected chi connectivity index (χ4v) is 2.48. The average molecular weight is 352 g/mol. The zero-order valence-electron chi connectivity index (χ0n) is 9.75. The zero-order valence-corrected chi connectivity index (χ0v) is 12.2. The predicted molar refractivity (Wildman–Crippen MR) is 71.1 cm³/mol. The first-order valence-corrected chi connectivity index (χ1v) is 6.91. The van der Waals surface area contributed by atoms with Crippen LogP contribution in [0.1, 0.15) is 16.3 Å².